The normalized spacial score (nSPS) is 13.1. The molecule has 0 aliphatic rings. The summed E-state index contributed by atoms with van der Waals surface area (Å²) in [5, 5.41) is 15.9. The van der Waals surface area contributed by atoms with E-state index < -0.39 is 11.5 Å². The van der Waals surface area contributed by atoms with Crippen molar-refractivity contribution in [3.8, 4) is 0 Å². The molecule has 0 aliphatic carbocycles. The molecule has 0 saturated heterocycles. The van der Waals surface area contributed by atoms with Gasteiger partial charge in [0.2, 0.25) is 0 Å². The van der Waals surface area contributed by atoms with Crippen LogP contribution in [0.5, 0.6) is 0 Å². The number of nitrogens with one attached hydrogen (secondary N) is 2. The number of anilines is 1. The van der Waals surface area contributed by atoms with Gasteiger partial charge in [0.05, 0.1) is 11.8 Å². The van der Waals surface area contributed by atoms with Crippen LogP contribution in [0.4, 0.5) is 10.5 Å². The van der Waals surface area contributed by atoms with Gasteiger partial charge < -0.3 is 15.7 Å². The van der Waals surface area contributed by atoms with E-state index in [0.29, 0.717) is 12.2 Å². The van der Waals surface area contributed by atoms with Crippen LogP contribution in [0, 0.1) is 25.2 Å². The van der Waals surface area contributed by atoms with E-state index in [1.165, 1.54) is 0 Å². The van der Waals surface area contributed by atoms with Crippen LogP contribution in [-0.2, 0) is 0 Å². The number of halogens is 1. The highest BCUT2D eigenvalue weighted by Gasteiger charge is 2.30. The average molecular weight is 328 g/mol. The Morgan fingerprint density at radius 2 is 2.00 bits per heavy atom. The number of hydrogen-bond donors (Lipinski definition) is 3. The molecule has 6 heteroatoms. The van der Waals surface area contributed by atoms with Crippen LogP contribution in [0.1, 0.15) is 39.0 Å². The van der Waals surface area contributed by atoms with Gasteiger partial charge in [-0.15, -0.1) is 0 Å². The van der Waals surface area contributed by atoms with E-state index in [4.69, 9.17) is 11.6 Å². The van der Waals surface area contributed by atoms with E-state index in [1.54, 1.807) is 0 Å². The molecule has 0 radical (unpaired) electrons. The molecular weight excluding hydrogens is 302 g/mol. The second kappa shape index (κ2) is 7.29. The van der Waals surface area contributed by atoms with E-state index in [9.17, 15) is 9.90 Å². The lowest BCUT2D eigenvalue weighted by atomic mass is 9.81. The summed E-state index contributed by atoms with van der Waals surface area (Å²) in [4.78, 5) is 16.2. The molecule has 2 amide bonds. The van der Waals surface area contributed by atoms with E-state index >= 15 is 0 Å². The zero-order valence-electron chi connectivity index (χ0n) is 14.1. The molecule has 5 nitrogen and oxygen atoms in total. The molecule has 0 saturated carbocycles. The second-order valence-corrected chi connectivity index (χ2v) is 7.09. The van der Waals surface area contributed by atoms with Crippen molar-refractivity contribution >= 4 is 23.3 Å². The van der Waals surface area contributed by atoms with Crippen molar-refractivity contribution < 1.29 is 9.90 Å². The topological polar surface area (TPSA) is 74.2 Å². The number of nitrogens with zero attached hydrogens (tertiary/aromatic N) is 1. The molecular formula is C16H26ClN3O2. The third-order valence-electron chi connectivity index (χ3n) is 3.68. The summed E-state index contributed by atoms with van der Waals surface area (Å²) in [7, 11) is 0. The summed E-state index contributed by atoms with van der Waals surface area (Å²) in [6.07, 6.45) is -0.501. The lowest BCUT2D eigenvalue weighted by molar-refractivity contribution is 0.0154. The highest BCUT2D eigenvalue weighted by Crippen LogP contribution is 2.26. The largest absolute Gasteiger partial charge is 0.392 e. The average Bonchev–Trinajstić information content (AvgIpc) is 2.39. The van der Waals surface area contributed by atoms with Gasteiger partial charge in [-0.3, -0.25) is 0 Å². The molecule has 1 aromatic heterocycles. The summed E-state index contributed by atoms with van der Waals surface area (Å²) in [5.74, 6) is 0.123. The Kier molecular flexibility index (Phi) is 6.20. The minimum Gasteiger partial charge on any atom is -0.392 e. The van der Waals surface area contributed by atoms with Crippen molar-refractivity contribution in [3.63, 3.8) is 0 Å². The number of urea groups is 1. The third kappa shape index (κ3) is 4.85. The number of pyridine rings is 1. The number of carbonyl (C=O) groups excluding carboxylic acids is 1. The monoisotopic (exact) mass is 327 g/mol. The summed E-state index contributed by atoms with van der Waals surface area (Å²) in [5.41, 5.74) is 1.74. The van der Waals surface area contributed by atoms with Crippen LogP contribution in [-0.4, -0.2) is 28.8 Å². The maximum Gasteiger partial charge on any atom is 0.319 e. The van der Waals surface area contributed by atoms with E-state index in [2.05, 4.69) is 15.6 Å². The van der Waals surface area contributed by atoms with Crippen molar-refractivity contribution in [2.24, 2.45) is 11.3 Å². The van der Waals surface area contributed by atoms with Crippen molar-refractivity contribution in [3.05, 3.63) is 22.5 Å². The molecule has 0 aromatic carbocycles. The van der Waals surface area contributed by atoms with Crippen molar-refractivity contribution in [2.75, 3.05) is 11.9 Å². The van der Waals surface area contributed by atoms with Crippen LogP contribution in [0.3, 0.4) is 0 Å². The molecule has 3 N–H and O–H groups in total. The molecule has 0 fully saturated rings. The number of aromatic nitrogens is 1. The third-order valence-corrected chi connectivity index (χ3v) is 3.95. The highest BCUT2D eigenvalue weighted by atomic mass is 35.5. The molecule has 1 heterocycles. The standard InChI is InChI=1S/C16H26ClN3O2/c1-9(2)13(21)16(5,6)8-18-15(22)20-12-10(3)7-11(4)19-14(12)17/h7,9,13,21H,8H2,1-6H3,(H2,18,20,22). The van der Waals surface area contributed by atoms with Gasteiger partial charge in [0.25, 0.3) is 0 Å². The molecule has 0 bridgehead atoms. The number of rotatable bonds is 5. The van der Waals surface area contributed by atoms with Crippen LogP contribution in [0.25, 0.3) is 0 Å². The van der Waals surface area contributed by atoms with Gasteiger partial charge in [0.1, 0.15) is 0 Å². The number of carbonyl (C=O) groups is 1. The maximum atomic E-state index is 12.1. The van der Waals surface area contributed by atoms with Crippen molar-refractivity contribution in [1.82, 2.24) is 10.3 Å². The lowest BCUT2D eigenvalue weighted by Gasteiger charge is -2.33. The molecule has 0 spiro atoms. The summed E-state index contributed by atoms with van der Waals surface area (Å²) < 4.78 is 0. The Morgan fingerprint density at radius 3 is 2.50 bits per heavy atom. The highest BCUT2D eigenvalue weighted by molar-refractivity contribution is 6.32. The van der Waals surface area contributed by atoms with Crippen LogP contribution in [0.15, 0.2) is 6.07 Å². The predicted molar refractivity (Wildman–Crippen MR) is 90.4 cm³/mol. The summed E-state index contributed by atoms with van der Waals surface area (Å²) >= 11 is 6.07. The van der Waals surface area contributed by atoms with Gasteiger partial charge >= 0.3 is 6.03 Å². The number of amides is 2. The number of aliphatic hydroxyl groups excluding tert-OH is 1. The Labute approximate surface area is 137 Å². The van der Waals surface area contributed by atoms with Gasteiger partial charge in [-0.1, -0.05) is 39.3 Å². The Bertz CT molecular complexity index is 521. The number of hydrogen-bond acceptors (Lipinski definition) is 3. The molecule has 22 heavy (non-hydrogen) atoms. The van der Waals surface area contributed by atoms with Crippen molar-refractivity contribution in [2.45, 2.75) is 47.6 Å². The molecule has 124 valence electrons. The molecule has 1 aromatic rings. The fraction of sp³-hybridized carbons (Fsp3) is 0.625. The first-order valence-corrected chi connectivity index (χ1v) is 7.79. The zero-order chi connectivity index (χ0) is 17.1. The van der Waals surface area contributed by atoms with Crippen LogP contribution < -0.4 is 10.6 Å². The maximum absolute atomic E-state index is 12.1. The minimum atomic E-state index is -0.501. The molecule has 1 rings (SSSR count). The van der Waals surface area contributed by atoms with Gasteiger partial charge in [-0.25, -0.2) is 9.78 Å². The molecule has 1 atom stereocenters. The second-order valence-electron chi connectivity index (χ2n) is 6.73. The molecule has 0 aliphatic heterocycles. The van der Waals surface area contributed by atoms with E-state index in [1.807, 2.05) is 47.6 Å². The Hall–Kier alpha value is -1.33. The zero-order valence-corrected chi connectivity index (χ0v) is 14.9. The van der Waals surface area contributed by atoms with E-state index in [0.717, 1.165) is 11.3 Å². The quantitative estimate of drug-likeness (QED) is 0.724. The predicted octanol–water partition coefficient (Wildman–Crippen LogP) is 3.52. The van der Waals surface area contributed by atoms with Crippen molar-refractivity contribution in [1.29, 1.82) is 0 Å². The van der Waals surface area contributed by atoms with E-state index in [-0.39, 0.29) is 17.1 Å². The van der Waals surface area contributed by atoms with Gasteiger partial charge in [-0.05, 0) is 31.4 Å². The minimum absolute atomic E-state index is 0.123. The SMILES string of the molecule is Cc1cc(C)c(NC(=O)NCC(C)(C)C(O)C(C)C)c(Cl)n1. The molecule has 1 unspecified atom stereocenters. The first-order valence-electron chi connectivity index (χ1n) is 7.41. The van der Waals surface area contributed by atoms with Crippen LogP contribution >= 0.6 is 11.6 Å². The van der Waals surface area contributed by atoms with Crippen LogP contribution in [0.2, 0.25) is 5.15 Å². The van der Waals surface area contributed by atoms with Gasteiger partial charge in [0.15, 0.2) is 5.15 Å². The lowest BCUT2D eigenvalue weighted by Crippen LogP contribution is -2.44. The Balaban J connectivity index is 2.69. The van der Waals surface area contributed by atoms with Gasteiger partial charge in [0, 0.05) is 17.7 Å². The fourth-order valence-corrected chi connectivity index (χ4v) is 2.74. The first kappa shape index (κ1) is 18.7. The number of aryl methyl sites for hydroxylation is 2. The smallest absolute Gasteiger partial charge is 0.319 e. The fourth-order valence-electron chi connectivity index (χ4n) is 2.41. The Morgan fingerprint density at radius 1 is 1.41 bits per heavy atom. The van der Waals surface area contributed by atoms with Gasteiger partial charge in [-0.2, -0.15) is 0 Å². The number of aliphatic hydroxyl groups is 1. The summed E-state index contributed by atoms with van der Waals surface area (Å²) in [6, 6.07) is 1.49. The summed E-state index contributed by atoms with van der Waals surface area (Å²) in [6.45, 7) is 11.8. The first-order chi connectivity index (χ1) is 10.0.